The first kappa shape index (κ1) is 5.90. The van der Waals surface area contributed by atoms with Crippen molar-refractivity contribution in [2.45, 2.75) is 0 Å². The third-order valence-electron chi connectivity index (χ3n) is 1.22. The van der Waals surface area contributed by atoms with Crippen LogP contribution in [0.25, 0.3) is 0 Å². The molecule has 0 spiro atoms. The second kappa shape index (κ2) is 2.08. The maximum atomic E-state index is 10.6. The van der Waals surface area contributed by atoms with Crippen LogP contribution in [-0.2, 0) is 0 Å². The van der Waals surface area contributed by atoms with Crippen LogP contribution in [-0.4, -0.2) is 25.0 Å². The number of H-pyrrole nitrogens is 1. The van der Waals surface area contributed by atoms with Crippen molar-refractivity contribution in [1.82, 2.24) is 25.0 Å². The summed E-state index contributed by atoms with van der Waals surface area (Å²) in [6.07, 6.45) is 4.71. The van der Waals surface area contributed by atoms with Gasteiger partial charge < -0.3 is 0 Å². The molecule has 0 bridgehead atoms. The first-order valence-corrected chi connectivity index (χ1v) is 3.01. The predicted molar refractivity (Wildman–Crippen MR) is 35.9 cm³/mol. The fourth-order valence-corrected chi connectivity index (χ4v) is 0.762. The molecule has 2 aromatic rings. The summed E-state index contributed by atoms with van der Waals surface area (Å²) in [5.74, 6) is 0. The topological polar surface area (TPSA) is 68.5 Å². The van der Waals surface area contributed by atoms with E-state index in [1.165, 1.54) is 21.8 Å². The van der Waals surface area contributed by atoms with Gasteiger partial charge in [-0.3, -0.25) is 4.79 Å². The molecule has 0 unspecified atom stereocenters. The summed E-state index contributed by atoms with van der Waals surface area (Å²) in [4.78, 5) is 13.5. The number of rotatable bonds is 1. The van der Waals surface area contributed by atoms with E-state index >= 15 is 0 Å². The quantitative estimate of drug-likeness (QED) is 0.573. The maximum Gasteiger partial charge on any atom is 0.265 e. The highest BCUT2D eigenvalue weighted by molar-refractivity contribution is 4.80. The summed E-state index contributed by atoms with van der Waals surface area (Å²) in [6, 6.07) is 1.40. The highest BCUT2D eigenvalue weighted by atomic mass is 16.1. The third-order valence-corrected chi connectivity index (χ3v) is 1.22. The summed E-state index contributed by atoms with van der Waals surface area (Å²) in [5, 5.41) is 9.74. The Balaban J connectivity index is 2.53. The van der Waals surface area contributed by atoms with Crippen LogP contribution in [0.1, 0.15) is 0 Å². The van der Waals surface area contributed by atoms with Crippen LogP contribution in [0.3, 0.4) is 0 Å². The van der Waals surface area contributed by atoms with Crippen LogP contribution in [0.15, 0.2) is 29.5 Å². The summed E-state index contributed by atoms with van der Waals surface area (Å²) in [5.41, 5.74) is -0.166. The molecule has 0 aliphatic heterocycles. The lowest BCUT2D eigenvalue weighted by Gasteiger charge is -1.96. The Hall–Kier alpha value is -1.85. The fraction of sp³-hybridized carbons (Fsp3) is 0. The highest BCUT2D eigenvalue weighted by Crippen LogP contribution is 1.80. The molecule has 0 saturated heterocycles. The zero-order chi connectivity index (χ0) is 7.68. The van der Waals surface area contributed by atoms with Crippen molar-refractivity contribution in [2.75, 3.05) is 0 Å². The number of aromatic nitrogens is 5. The zero-order valence-corrected chi connectivity index (χ0v) is 5.51. The average molecular weight is 151 g/mol. The van der Waals surface area contributed by atoms with Gasteiger partial charge in [-0.25, -0.2) is 5.10 Å². The van der Waals surface area contributed by atoms with E-state index in [1.54, 1.807) is 12.4 Å². The normalized spacial score (nSPS) is 10.2. The van der Waals surface area contributed by atoms with Crippen molar-refractivity contribution in [3.63, 3.8) is 0 Å². The van der Waals surface area contributed by atoms with Gasteiger partial charge in [-0.2, -0.15) is 4.79 Å². The van der Waals surface area contributed by atoms with Gasteiger partial charge in [0, 0.05) is 6.07 Å². The SMILES string of the molecule is O=c1ccn(-n2ccnn2)[nH]1. The molecule has 2 rings (SSSR count). The van der Waals surface area contributed by atoms with Crippen LogP contribution in [0.2, 0.25) is 0 Å². The molecule has 0 fully saturated rings. The Morgan fingerprint density at radius 1 is 1.45 bits per heavy atom. The molecule has 0 amide bonds. The van der Waals surface area contributed by atoms with E-state index in [4.69, 9.17) is 0 Å². The van der Waals surface area contributed by atoms with Gasteiger partial charge in [0.15, 0.2) is 0 Å². The van der Waals surface area contributed by atoms with Crippen molar-refractivity contribution >= 4 is 0 Å². The van der Waals surface area contributed by atoms with E-state index in [-0.39, 0.29) is 5.56 Å². The molecule has 0 aromatic carbocycles. The predicted octanol–water partition coefficient (Wildman–Crippen LogP) is -0.921. The van der Waals surface area contributed by atoms with Crippen molar-refractivity contribution < 1.29 is 0 Å². The van der Waals surface area contributed by atoms with Crippen LogP contribution in [0, 0.1) is 0 Å². The van der Waals surface area contributed by atoms with E-state index in [0.717, 1.165) is 0 Å². The zero-order valence-electron chi connectivity index (χ0n) is 5.51. The van der Waals surface area contributed by atoms with Gasteiger partial charge in [0.05, 0.1) is 18.6 Å². The smallest absolute Gasteiger partial charge is 0.265 e. The fourth-order valence-electron chi connectivity index (χ4n) is 0.762. The van der Waals surface area contributed by atoms with Crippen LogP contribution in [0.4, 0.5) is 0 Å². The molecule has 0 atom stereocenters. The lowest BCUT2D eigenvalue weighted by Crippen LogP contribution is -2.13. The molecule has 1 N–H and O–H groups in total. The summed E-state index contributed by atoms with van der Waals surface area (Å²) in [6.45, 7) is 0. The molecule has 0 aliphatic carbocycles. The molecule has 0 saturated carbocycles. The number of hydrogen-bond acceptors (Lipinski definition) is 3. The molecule has 6 nitrogen and oxygen atoms in total. The second-order valence-electron chi connectivity index (χ2n) is 1.96. The molecule has 0 aliphatic rings. The number of nitrogens with zero attached hydrogens (tertiary/aromatic N) is 4. The van der Waals surface area contributed by atoms with E-state index < -0.39 is 0 Å². The molecule has 0 radical (unpaired) electrons. The summed E-state index contributed by atoms with van der Waals surface area (Å²) >= 11 is 0. The lowest BCUT2D eigenvalue weighted by molar-refractivity contribution is 0.487. The van der Waals surface area contributed by atoms with Gasteiger partial charge in [0.2, 0.25) is 0 Å². The second-order valence-corrected chi connectivity index (χ2v) is 1.96. The van der Waals surface area contributed by atoms with E-state index in [2.05, 4.69) is 15.4 Å². The Morgan fingerprint density at radius 3 is 2.91 bits per heavy atom. The average Bonchev–Trinajstić information content (AvgIpc) is 2.55. The minimum absolute atomic E-state index is 0.166. The molecule has 2 heterocycles. The monoisotopic (exact) mass is 151 g/mol. The van der Waals surface area contributed by atoms with Crippen LogP contribution in [0.5, 0.6) is 0 Å². The van der Waals surface area contributed by atoms with Crippen LogP contribution >= 0.6 is 0 Å². The van der Waals surface area contributed by atoms with E-state index in [9.17, 15) is 4.79 Å². The van der Waals surface area contributed by atoms with Gasteiger partial charge in [-0.1, -0.05) is 0 Å². The van der Waals surface area contributed by atoms with E-state index in [0.29, 0.717) is 0 Å². The van der Waals surface area contributed by atoms with Crippen LogP contribution < -0.4 is 5.56 Å². The number of nitrogens with one attached hydrogen (secondary N) is 1. The Kier molecular flexibility index (Phi) is 1.12. The lowest BCUT2D eigenvalue weighted by atomic mass is 10.7. The third kappa shape index (κ3) is 0.936. The first-order chi connectivity index (χ1) is 5.36. The van der Waals surface area contributed by atoms with Crippen molar-refractivity contribution in [3.05, 3.63) is 35.0 Å². The van der Waals surface area contributed by atoms with E-state index in [1.807, 2.05) is 0 Å². The summed E-state index contributed by atoms with van der Waals surface area (Å²) < 4.78 is 0. The molecule has 56 valence electrons. The van der Waals surface area contributed by atoms with Gasteiger partial charge in [-0.05, 0) is 5.21 Å². The minimum atomic E-state index is -0.166. The van der Waals surface area contributed by atoms with Crippen molar-refractivity contribution in [2.24, 2.45) is 0 Å². The summed E-state index contributed by atoms with van der Waals surface area (Å²) in [7, 11) is 0. The van der Waals surface area contributed by atoms with Crippen molar-refractivity contribution in [3.8, 4) is 0 Å². The Bertz CT molecular complexity index is 383. The van der Waals surface area contributed by atoms with Gasteiger partial charge in [0.1, 0.15) is 0 Å². The molecular formula is C5H5N5O. The Morgan fingerprint density at radius 2 is 2.36 bits per heavy atom. The molecule has 6 heteroatoms. The van der Waals surface area contributed by atoms with Crippen molar-refractivity contribution in [1.29, 1.82) is 0 Å². The number of aromatic amines is 1. The Labute approximate surface area is 61.0 Å². The standard InChI is InChI=1S/C5H5N5O/c11-5-1-3-9(7-5)10-4-2-6-8-10/h1-4H,(H,7,11). The molecule has 11 heavy (non-hydrogen) atoms. The number of hydrogen-bond donors (Lipinski definition) is 1. The van der Waals surface area contributed by atoms with Gasteiger partial charge in [-0.15, -0.1) is 9.89 Å². The first-order valence-electron chi connectivity index (χ1n) is 3.01. The minimum Gasteiger partial charge on any atom is -0.268 e. The van der Waals surface area contributed by atoms with Gasteiger partial charge in [0.25, 0.3) is 5.56 Å². The molecular weight excluding hydrogens is 146 g/mol. The largest absolute Gasteiger partial charge is 0.268 e. The van der Waals surface area contributed by atoms with Gasteiger partial charge >= 0.3 is 0 Å². The highest BCUT2D eigenvalue weighted by Gasteiger charge is 1.92. The molecule has 2 aromatic heterocycles. The maximum absolute atomic E-state index is 10.6.